The number of nitrogen functional groups attached to an aromatic ring is 2. The first kappa shape index (κ1) is 13.2. The number of nitrogens with two attached hydrogens (primary N) is 2. The van der Waals surface area contributed by atoms with Crippen molar-refractivity contribution in [2.45, 2.75) is 0 Å². The van der Waals surface area contributed by atoms with E-state index in [2.05, 4.69) is 4.98 Å². The summed E-state index contributed by atoms with van der Waals surface area (Å²) < 4.78 is 5.05. The van der Waals surface area contributed by atoms with Crippen molar-refractivity contribution in [3.05, 3.63) is 35.4 Å². The normalized spacial score (nSPS) is 9.55. The molecule has 0 amide bonds. The second-order valence-corrected chi connectivity index (χ2v) is 3.98. The lowest BCUT2D eigenvalue weighted by Crippen LogP contribution is -2.04. The molecule has 4 N–H and O–H groups in total. The summed E-state index contributed by atoms with van der Waals surface area (Å²) in [6.07, 6.45) is 0. The number of ether oxygens (including phenoxy) is 1. The van der Waals surface area contributed by atoms with Gasteiger partial charge in [-0.1, -0.05) is 12.1 Å². The van der Waals surface area contributed by atoms with E-state index in [1.165, 1.54) is 7.11 Å². The number of nitriles is 2. The van der Waals surface area contributed by atoms with E-state index >= 15 is 0 Å². The maximum Gasteiger partial charge on any atom is 0.234 e. The summed E-state index contributed by atoms with van der Waals surface area (Å²) in [4.78, 5) is 3.92. The van der Waals surface area contributed by atoms with Gasteiger partial charge in [0, 0.05) is 11.3 Å². The van der Waals surface area contributed by atoms with E-state index in [0.717, 1.165) is 0 Å². The van der Waals surface area contributed by atoms with Crippen molar-refractivity contribution in [2.24, 2.45) is 0 Å². The molecule has 0 spiro atoms. The number of benzene rings is 1. The fourth-order valence-corrected chi connectivity index (χ4v) is 1.93. The maximum atomic E-state index is 9.32. The van der Waals surface area contributed by atoms with Crippen LogP contribution in [0.5, 0.6) is 5.88 Å². The number of anilines is 2. The molecular weight excluding hydrogens is 254 g/mol. The zero-order chi connectivity index (χ0) is 14.7. The molecule has 1 aromatic heterocycles. The Hall–Kier alpha value is -3.25. The van der Waals surface area contributed by atoms with Gasteiger partial charge in [0.1, 0.15) is 29.1 Å². The van der Waals surface area contributed by atoms with Crippen molar-refractivity contribution in [3.8, 4) is 29.1 Å². The SMILES string of the molecule is COc1nc(N)c(C#N)c(-c2cccc(N)c2)c1C#N. The quantitative estimate of drug-likeness (QED) is 0.796. The fourth-order valence-electron chi connectivity index (χ4n) is 1.93. The number of rotatable bonds is 2. The Morgan fingerprint density at radius 2 is 1.85 bits per heavy atom. The molecule has 1 aromatic carbocycles. The van der Waals surface area contributed by atoms with Crippen molar-refractivity contribution < 1.29 is 4.74 Å². The molecule has 0 atom stereocenters. The number of pyridine rings is 1. The molecule has 2 rings (SSSR count). The Morgan fingerprint density at radius 3 is 2.40 bits per heavy atom. The largest absolute Gasteiger partial charge is 0.480 e. The minimum atomic E-state index is 0.0146. The van der Waals surface area contributed by atoms with E-state index in [1.54, 1.807) is 24.3 Å². The number of methoxy groups -OCH3 is 1. The van der Waals surface area contributed by atoms with Crippen LogP contribution in [0.4, 0.5) is 11.5 Å². The maximum absolute atomic E-state index is 9.32. The topological polar surface area (TPSA) is 122 Å². The second-order valence-electron chi connectivity index (χ2n) is 3.98. The van der Waals surface area contributed by atoms with Crippen LogP contribution in [0.3, 0.4) is 0 Å². The van der Waals surface area contributed by atoms with E-state index in [0.29, 0.717) is 16.8 Å². The molecule has 2 aromatic rings. The molecule has 0 unspecified atom stereocenters. The standard InChI is InChI=1S/C14H11N5O/c1-20-14-11(7-16)12(10(6-15)13(18)19-14)8-3-2-4-9(17)5-8/h2-5H,17H2,1H3,(H2,18,19). The molecule has 6 nitrogen and oxygen atoms in total. The van der Waals surface area contributed by atoms with Crippen molar-refractivity contribution in [3.63, 3.8) is 0 Å². The fraction of sp³-hybridized carbons (Fsp3) is 0.0714. The number of hydrogen-bond donors (Lipinski definition) is 2. The smallest absolute Gasteiger partial charge is 0.234 e. The third kappa shape index (κ3) is 2.06. The first-order chi connectivity index (χ1) is 9.62. The molecule has 20 heavy (non-hydrogen) atoms. The third-order valence-corrected chi connectivity index (χ3v) is 2.78. The lowest BCUT2D eigenvalue weighted by molar-refractivity contribution is 0.397. The van der Waals surface area contributed by atoms with Gasteiger partial charge in [-0.05, 0) is 17.7 Å². The van der Waals surface area contributed by atoms with Crippen molar-refractivity contribution in [1.29, 1.82) is 10.5 Å². The Labute approximate surface area is 115 Å². The summed E-state index contributed by atoms with van der Waals surface area (Å²) in [5.41, 5.74) is 13.3. The zero-order valence-electron chi connectivity index (χ0n) is 10.7. The highest BCUT2D eigenvalue weighted by Crippen LogP contribution is 2.35. The van der Waals surface area contributed by atoms with Crippen molar-refractivity contribution in [1.82, 2.24) is 4.98 Å². The van der Waals surface area contributed by atoms with Crippen LogP contribution in [-0.4, -0.2) is 12.1 Å². The van der Waals surface area contributed by atoms with Crippen molar-refractivity contribution >= 4 is 11.5 Å². The highest BCUT2D eigenvalue weighted by Gasteiger charge is 2.20. The van der Waals surface area contributed by atoms with Gasteiger partial charge in [0.05, 0.1) is 7.11 Å². The lowest BCUT2D eigenvalue weighted by atomic mass is 9.96. The summed E-state index contributed by atoms with van der Waals surface area (Å²) in [7, 11) is 1.39. The molecule has 0 saturated carbocycles. The van der Waals surface area contributed by atoms with Gasteiger partial charge >= 0.3 is 0 Å². The summed E-state index contributed by atoms with van der Waals surface area (Å²) in [5.74, 6) is 0.0993. The van der Waals surface area contributed by atoms with Crippen LogP contribution in [0.25, 0.3) is 11.1 Å². The van der Waals surface area contributed by atoms with E-state index in [4.69, 9.17) is 16.2 Å². The molecule has 0 bridgehead atoms. The summed E-state index contributed by atoms with van der Waals surface area (Å²) in [6.45, 7) is 0. The highest BCUT2D eigenvalue weighted by molar-refractivity contribution is 5.83. The van der Waals surface area contributed by atoms with Gasteiger partial charge < -0.3 is 16.2 Å². The Morgan fingerprint density at radius 1 is 1.15 bits per heavy atom. The molecule has 0 aliphatic carbocycles. The molecule has 0 saturated heterocycles. The van der Waals surface area contributed by atoms with E-state index in [1.807, 2.05) is 12.1 Å². The number of nitrogens with zero attached hydrogens (tertiary/aromatic N) is 3. The van der Waals surface area contributed by atoms with Crippen LogP contribution < -0.4 is 16.2 Å². The molecule has 0 fully saturated rings. The Bertz CT molecular complexity index is 755. The molecular formula is C14H11N5O. The van der Waals surface area contributed by atoms with Gasteiger partial charge in [-0.2, -0.15) is 15.5 Å². The predicted molar refractivity (Wildman–Crippen MR) is 74.5 cm³/mol. The van der Waals surface area contributed by atoms with Crippen LogP contribution in [-0.2, 0) is 0 Å². The van der Waals surface area contributed by atoms with E-state index in [-0.39, 0.29) is 22.8 Å². The van der Waals surface area contributed by atoms with Crippen LogP contribution >= 0.6 is 0 Å². The summed E-state index contributed by atoms with van der Waals surface area (Å²) >= 11 is 0. The van der Waals surface area contributed by atoms with E-state index < -0.39 is 0 Å². The Kier molecular flexibility index (Phi) is 3.41. The zero-order valence-corrected chi connectivity index (χ0v) is 10.7. The second kappa shape index (κ2) is 5.17. The molecule has 1 heterocycles. The van der Waals surface area contributed by atoms with Gasteiger partial charge in [0.2, 0.25) is 5.88 Å². The number of aromatic nitrogens is 1. The first-order valence-corrected chi connectivity index (χ1v) is 5.66. The molecule has 0 aliphatic rings. The molecule has 98 valence electrons. The van der Waals surface area contributed by atoms with Crippen LogP contribution in [0, 0.1) is 22.7 Å². The summed E-state index contributed by atoms with van der Waals surface area (Å²) in [6, 6.07) is 10.8. The molecule has 0 radical (unpaired) electrons. The van der Waals surface area contributed by atoms with Gasteiger partial charge in [0.15, 0.2) is 0 Å². The monoisotopic (exact) mass is 265 g/mol. The van der Waals surface area contributed by atoms with Crippen LogP contribution in [0.1, 0.15) is 11.1 Å². The van der Waals surface area contributed by atoms with Gasteiger partial charge in [-0.3, -0.25) is 0 Å². The van der Waals surface area contributed by atoms with Crippen LogP contribution in [0.2, 0.25) is 0 Å². The Balaban J connectivity index is 2.90. The van der Waals surface area contributed by atoms with Gasteiger partial charge in [-0.15, -0.1) is 0 Å². The average Bonchev–Trinajstić information content (AvgIpc) is 2.45. The van der Waals surface area contributed by atoms with Crippen LogP contribution in [0.15, 0.2) is 24.3 Å². The number of hydrogen-bond acceptors (Lipinski definition) is 6. The lowest BCUT2D eigenvalue weighted by Gasteiger charge is -2.12. The van der Waals surface area contributed by atoms with E-state index in [9.17, 15) is 10.5 Å². The predicted octanol–water partition coefficient (Wildman–Crippen LogP) is 1.66. The minimum absolute atomic E-state index is 0.0146. The van der Waals surface area contributed by atoms with Crippen molar-refractivity contribution in [2.75, 3.05) is 18.6 Å². The molecule has 0 aliphatic heterocycles. The van der Waals surface area contributed by atoms with Gasteiger partial charge in [0.25, 0.3) is 0 Å². The average molecular weight is 265 g/mol. The van der Waals surface area contributed by atoms with Gasteiger partial charge in [-0.25, -0.2) is 0 Å². The third-order valence-electron chi connectivity index (χ3n) is 2.78. The summed E-state index contributed by atoms with van der Waals surface area (Å²) in [5, 5.41) is 18.6. The first-order valence-electron chi connectivity index (χ1n) is 5.66. The minimum Gasteiger partial charge on any atom is -0.480 e. The highest BCUT2D eigenvalue weighted by atomic mass is 16.5. The molecule has 6 heteroatoms.